The molecule has 0 aliphatic rings. The summed E-state index contributed by atoms with van der Waals surface area (Å²) in [5, 5.41) is 0.541. The van der Waals surface area contributed by atoms with Crippen molar-refractivity contribution in [2.24, 2.45) is 0 Å². The van der Waals surface area contributed by atoms with Crippen LogP contribution in [-0.2, 0) is 0 Å². The smallest absolute Gasteiger partial charge is 0.164 e. The molecule has 0 saturated carbocycles. The Kier molecular flexibility index (Phi) is 3.90. The van der Waals surface area contributed by atoms with Crippen LogP contribution < -0.4 is 0 Å². The number of benzene rings is 1. The number of rotatable bonds is 4. The molecular weight excluding hydrogens is 196 g/mol. The van der Waals surface area contributed by atoms with Crippen molar-refractivity contribution < 1.29 is 4.79 Å². The van der Waals surface area contributed by atoms with Crippen molar-refractivity contribution in [3.63, 3.8) is 0 Å². The van der Waals surface area contributed by atoms with Gasteiger partial charge in [0.1, 0.15) is 0 Å². The normalized spacial score (nSPS) is 9.86. The van der Waals surface area contributed by atoms with E-state index in [9.17, 15) is 4.79 Å². The summed E-state index contributed by atoms with van der Waals surface area (Å²) in [6.07, 6.45) is 2.91. The first-order valence-electron chi connectivity index (χ1n) is 4.55. The van der Waals surface area contributed by atoms with Gasteiger partial charge in [0.15, 0.2) is 5.78 Å². The lowest BCUT2D eigenvalue weighted by atomic mass is 10.1. The number of carbonyl (C=O) groups is 1. The molecule has 0 unspecified atom stereocenters. The van der Waals surface area contributed by atoms with Gasteiger partial charge in [0.2, 0.25) is 0 Å². The molecule has 74 valence electrons. The molecule has 0 atom stereocenters. The number of ketones is 1. The quantitative estimate of drug-likeness (QED) is 0.544. The number of Topliss-reactive ketones (excluding diaryl/α,β-unsaturated/α-hetero) is 1. The second-order valence-electron chi connectivity index (χ2n) is 3.23. The van der Waals surface area contributed by atoms with E-state index in [4.69, 9.17) is 11.6 Å². The second-order valence-corrected chi connectivity index (χ2v) is 3.64. The largest absolute Gasteiger partial charge is 0.294 e. The van der Waals surface area contributed by atoms with Crippen LogP contribution in [0.4, 0.5) is 0 Å². The predicted molar refractivity (Wildman–Crippen MR) is 60.0 cm³/mol. The van der Waals surface area contributed by atoms with Gasteiger partial charge in [-0.15, -0.1) is 6.58 Å². The number of halogens is 1. The van der Waals surface area contributed by atoms with Crippen molar-refractivity contribution in [1.82, 2.24) is 0 Å². The first-order chi connectivity index (χ1) is 6.65. The van der Waals surface area contributed by atoms with Crippen molar-refractivity contribution >= 4 is 17.4 Å². The van der Waals surface area contributed by atoms with Crippen LogP contribution in [0.2, 0.25) is 5.02 Å². The van der Waals surface area contributed by atoms with Crippen molar-refractivity contribution in [2.45, 2.75) is 19.8 Å². The molecule has 0 radical (unpaired) electrons. The van der Waals surface area contributed by atoms with Crippen molar-refractivity contribution in [3.05, 3.63) is 47.0 Å². The van der Waals surface area contributed by atoms with E-state index in [1.165, 1.54) is 0 Å². The van der Waals surface area contributed by atoms with E-state index in [0.717, 1.165) is 5.56 Å². The van der Waals surface area contributed by atoms with E-state index in [0.29, 0.717) is 23.4 Å². The molecule has 0 aliphatic carbocycles. The molecule has 1 rings (SSSR count). The number of hydrogen-bond acceptors (Lipinski definition) is 1. The Morgan fingerprint density at radius 1 is 1.57 bits per heavy atom. The lowest BCUT2D eigenvalue weighted by molar-refractivity contribution is 0.0984. The highest BCUT2D eigenvalue weighted by molar-refractivity contribution is 6.34. The molecule has 1 nitrogen and oxygen atoms in total. The summed E-state index contributed by atoms with van der Waals surface area (Å²) in [5.74, 6) is 0.0786. The van der Waals surface area contributed by atoms with E-state index >= 15 is 0 Å². The molecule has 0 bridgehead atoms. The Labute approximate surface area is 89.4 Å². The molecule has 0 aromatic heterocycles. The summed E-state index contributed by atoms with van der Waals surface area (Å²) in [6.45, 7) is 5.53. The highest BCUT2D eigenvalue weighted by Gasteiger charge is 2.08. The highest BCUT2D eigenvalue weighted by Crippen LogP contribution is 2.19. The van der Waals surface area contributed by atoms with E-state index < -0.39 is 0 Å². The maximum atomic E-state index is 11.6. The second kappa shape index (κ2) is 4.97. The maximum absolute atomic E-state index is 11.6. The van der Waals surface area contributed by atoms with Crippen molar-refractivity contribution in [3.8, 4) is 0 Å². The van der Waals surface area contributed by atoms with Gasteiger partial charge in [-0.3, -0.25) is 4.79 Å². The first kappa shape index (κ1) is 11.0. The van der Waals surface area contributed by atoms with Gasteiger partial charge in [0, 0.05) is 12.0 Å². The van der Waals surface area contributed by atoms with Crippen LogP contribution >= 0.6 is 11.6 Å². The zero-order valence-corrected chi connectivity index (χ0v) is 8.97. The third-order valence-electron chi connectivity index (χ3n) is 2.00. The number of carbonyl (C=O) groups excluding carboxylic acids is 1. The molecule has 0 N–H and O–H groups in total. The molecule has 2 heteroatoms. The van der Waals surface area contributed by atoms with Crippen LogP contribution in [-0.4, -0.2) is 5.78 Å². The third-order valence-corrected chi connectivity index (χ3v) is 2.31. The van der Waals surface area contributed by atoms with E-state index in [1.54, 1.807) is 12.1 Å². The topological polar surface area (TPSA) is 17.1 Å². The fraction of sp³-hybridized carbons (Fsp3) is 0.250. The molecule has 0 aliphatic heterocycles. The average molecular weight is 209 g/mol. The van der Waals surface area contributed by atoms with Gasteiger partial charge in [-0.1, -0.05) is 23.7 Å². The zero-order chi connectivity index (χ0) is 10.6. The Hall–Kier alpha value is -1.08. The summed E-state index contributed by atoms with van der Waals surface area (Å²) in [6, 6.07) is 5.48. The van der Waals surface area contributed by atoms with E-state index in [2.05, 4.69) is 6.58 Å². The van der Waals surface area contributed by atoms with Gasteiger partial charge in [0.05, 0.1) is 5.02 Å². The van der Waals surface area contributed by atoms with E-state index in [-0.39, 0.29) is 5.78 Å². The van der Waals surface area contributed by atoms with Crippen LogP contribution in [0.25, 0.3) is 0 Å². The zero-order valence-electron chi connectivity index (χ0n) is 8.22. The summed E-state index contributed by atoms with van der Waals surface area (Å²) in [5.41, 5.74) is 1.68. The molecule has 0 spiro atoms. The maximum Gasteiger partial charge on any atom is 0.164 e. The van der Waals surface area contributed by atoms with Gasteiger partial charge in [-0.2, -0.15) is 0 Å². The Morgan fingerprint density at radius 3 is 2.86 bits per heavy atom. The molecule has 0 heterocycles. The van der Waals surface area contributed by atoms with Gasteiger partial charge in [0.25, 0.3) is 0 Å². The molecule has 0 fully saturated rings. The molecule has 1 aromatic rings. The minimum atomic E-state index is 0.0786. The fourth-order valence-corrected chi connectivity index (χ4v) is 1.55. The van der Waals surface area contributed by atoms with Gasteiger partial charge >= 0.3 is 0 Å². The minimum absolute atomic E-state index is 0.0786. The number of allylic oxidation sites excluding steroid dienone is 1. The summed E-state index contributed by atoms with van der Waals surface area (Å²) in [7, 11) is 0. The minimum Gasteiger partial charge on any atom is -0.294 e. The van der Waals surface area contributed by atoms with Gasteiger partial charge in [-0.25, -0.2) is 0 Å². The molecule has 14 heavy (non-hydrogen) atoms. The molecule has 0 saturated heterocycles. The average Bonchev–Trinajstić information content (AvgIpc) is 2.14. The Balaban J connectivity index is 2.84. The molecular formula is C12H13ClO. The monoisotopic (exact) mass is 208 g/mol. The Morgan fingerprint density at radius 2 is 2.29 bits per heavy atom. The van der Waals surface area contributed by atoms with E-state index in [1.807, 2.05) is 19.1 Å². The lowest BCUT2D eigenvalue weighted by Crippen LogP contribution is -1.99. The predicted octanol–water partition coefficient (Wildman–Crippen LogP) is 3.80. The highest BCUT2D eigenvalue weighted by atomic mass is 35.5. The van der Waals surface area contributed by atoms with Crippen LogP contribution in [0.5, 0.6) is 0 Å². The van der Waals surface area contributed by atoms with Crippen molar-refractivity contribution in [2.75, 3.05) is 0 Å². The van der Waals surface area contributed by atoms with Crippen molar-refractivity contribution in [1.29, 1.82) is 0 Å². The Bertz CT molecular complexity index is 355. The first-order valence-corrected chi connectivity index (χ1v) is 4.93. The number of hydrogen-bond donors (Lipinski definition) is 0. The van der Waals surface area contributed by atoms with Crippen LogP contribution in [0, 0.1) is 6.92 Å². The summed E-state index contributed by atoms with van der Waals surface area (Å²) < 4.78 is 0. The van der Waals surface area contributed by atoms with Crippen LogP contribution in [0.3, 0.4) is 0 Å². The number of aryl methyl sites for hydroxylation is 1. The van der Waals surface area contributed by atoms with Crippen LogP contribution in [0.1, 0.15) is 28.8 Å². The summed E-state index contributed by atoms with van der Waals surface area (Å²) >= 11 is 5.96. The van der Waals surface area contributed by atoms with Crippen LogP contribution in [0.15, 0.2) is 30.9 Å². The molecule has 0 amide bonds. The summed E-state index contributed by atoms with van der Waals surface area (Å²) in [4.78, 5) is 11.6. The fourth-order valence-electron chi connectivity index (χ4n) is 1.21. The standard InChI is InChI=1S/C12H13ClO/c1-3-4-5-12(14)10-7-6-9(2)8-11(10)13/h3,6-8H,1,4-5H2,2H3. The van der Waals surface area contributed by atoms with Gasteiger partial charge in [-0.05, 0) is 31.0 Å². The SMILES string of the molecule is C=CCCC(=O)c1ccc(C)cc1Cl. The third kappa shape index (κ3) is 2.71. The molecule has 1 aromatic carbocycles. The lowest BCUT2D eigenvalue weighted by Gasteiger charge is -2.02. The van der Waals surface area contributed by atoms with Gasteiger partial charge < -0.3 is 0 Å².